The van der Waals surface area contributed by atoms with E-state index in [9.17, 15) is 4.39 Å². The summed E-state index contributed by atoms with van der Waals surface area (Å²) in [6, 6.07) is 14.3. The summed E-state index contributed by atoms with van der Waals surface area (Å²) in [5, 5.41) is 2.59. The number of benzene rings is 2. The van der Waals surface area contributed by atoms with E-state index in [1.807, 2.05) is 35.5 Å². The number of halogens is 2. The van der Waals surface area contributed by atoms with E-state index in [2.05, 4.69) is 12.3 Å². The lowest BCUT2D eigenvalue weighted by Gasteiger charge is -2.19. The molecule has 20 heavy (non-hydrogen) atoms. The number of anilines is 1. The monoisotopic (exact) mass is 288 g/mol. The maximum atomic E-state index is 13.0. The van der Waals surface area contributed by atoms with Gasteiger partial charge in [0.2, 0.25) is 0 Å². The maximum Gasteiger partial charge on any atom is 0.123 e. The molecule has 0 saturated carbocycles. The number of hydrazine groups is 1. The molecule has 102 valence electrons. The molecule has 0 amide bonds. The first kappa shape index (κ1) is 13.2. The quantitative estimate of drug-likeness (QED) is 0.889. The van der Waals surface area contributed by atoms with Crippen LogP contribution in [-0.2, 0) is 0 Å². The fourth-order valence-electron chi connectivity index (χ4n) is 2.32. The fourth-order valence-corrected chi connectivity index (χ4v) is 2.55. The minimum Gasteiger partial charge on any atom is -0.282 e. The highest BCUT2D eigenvalue weighted by Crippen LogP contribution is 2.31. The Labute approximate surface area is 122 Å². The summed E-state index contributed by atoms with van der Waals surface area (Å²) in [6.07, 6.45) is 2.00. The molecule has 0 saturated heterocycles. The van der Waals surface area contributed by atoms with Crippen LogP contribution in [0.5, 0.6) is 0 Å². The van der Waals surface area contributed by atoms with Crippen molar-refractivity contribution in [2.24, 2.45) is 0 Å². The minimum absolute atomic E-state index is 0.136. The normalized spacial score (nSPS) is 18.2. The summed E-state index contributed by atoms with van der Waals surface area (Å²) in [5.41, 5.74) is 6.34. The number of hydrogen-bond donors (Lipinski definition) is 1. The zero-order valence-electron chi connectivity index (χ0n) is 11.0. The zero-order chi connectivity index (χ0) is 14.1. The summed E-state index contributed by atoms with van der Waals surface area (Å²) in [6.45, 7) is 2.06. The summed E-state index contributed by atoms with van der Waals surface area (Å²) >= 11 is 6.21. The minimum atomic E-state index is -0.226. The van der Waals surface area contributed by atoms with Crippen molar-refractivity contribution in [2.75, 3.05) is 5.01 Å². The molecule has 1 aliphatic rings. The highest BCUT2D eigenvalue weighted by atomic mass is 35.5. The van der Waals surface area contributed by atoms with Crippen LogP contribution in [0, 0.1) is 5.82 Å². The van der Waals surface area contributed by atoms with Crippen LogP contribution < -0.4 is 10.4 Å². The second kappa shape index (κ2) is 5.27. The van der Waals surface area contributed by atoms with Gasteiger partial charge in [0.15, 0.2) is 0 Å². The summed E-state index contributed by atoms with van der Waals surface area (Å²) in [7, 11) is 0. The average molecular weight is 289 g/mol. The molecule has 0 bridgehead atoms. The first-order valence-corrected chi connectivity index (χ1v) is 6.80. The van der Waals surface area contributed by atoms with E-state index in [-0.39, 0.29) is 11.9 Å². The van der Waals surface area contributed by atoms with Crippen LogP contribution in [0.3, 0.4) is 0 Å². The average Bonchev–Trinajstić information content (AvgIpc) is 2.82. The van der Waals surface area contributed by atoms with Gasteiger partial charge in [-0.25, -0.2) is 9.82 Å². The Kier molecular flexibility index (Phi) is 3.47. The van der Waals surface area contributed by atoms with Crippen molar-refractivity contribution >= 4 is 22.9 Å². The molecule has 3 rings (SSSR count). The van der Waals surface area contributed by atoms with Crippen LogP contribution in [0.25, 0.3) is 5.57 Å². The van der Waals surface area contributed by atoms with Crippen molar-refractivity contribution in [3.63, 3.8) is 0 Å². The van der Waals surface area contributed by atoms with E-state index in [0.717, 1.165) is 16.8 Å². The number of para-hydroxylation sites is 1. The van der Waals surface area contributed by atoms with Crippen LogP contribution >= 0.6 is 11.6 Å². The molecule has 2 aromatic rings. The molecule has 2 nitrogen and oxygen atoms in total. The lowest BCUT2D eigenvalue weighted by atomic mass is 10.0. The fraction of sp³-hybridized carbons (Fsp3) is 0.125. The summed E-state index contributed by atoms with van der Waals surface area (Å²) in [5.74, 6) is -0.226. The van der Waals surface area contributed by atoms with Gasteiger partial charge in [-0.05, 0) is 42.3 Å². The molecule has 4 heteroatoms. The number of rotatable bonds is 2. The number of hydrogen-bond acceptors (Lipinski definition) is 2. The van der Waals surface area contributed by atoms with E-state index in [4.69, 9.17) is 11.6 Å². The molecule has 0 aliphatic carbocycles. The van der Waals surface area contributed by atoms with Crippen molar-refractivity contribution in [1.82, 2.24) is 5.43 Å². The van der Waals surface area contributed by atoms with Crippen LogP contribution in [0.4, 0.5) is 10.1 Å². The van der Waals surface area contributed by atoms with Gasteiger partial charge in [0.1, 0.15) is 5.82 Å². The van der Waals surface area contributed by atoms with Gasteiger partial charge >= 0.3 is 0 Å². The van der Waals surface area contributed by atoms with Gasteiger partial charge in [0.05, 0.1) is 16.8 Å². The largest absolute Gasteiger partial charge is 0.282 e. The van der Waals surface area contributed by atoms with E-state index in [0.29, 0.717) is 5.02 Å². The molecule has 1 unspecified atom stereocenters. The Balaban J connectivity index is 1.95. The lowest BCUT2D eigenvalue weighted by Crippen LogP contribution is -2.34. The van der Waals surface area contributed by atoms with Gasteiger partial charge in [-0.3, -0.25) is 5.01 Å². The van der Waals surface area contributed by atoms with Crippen molar-refractivity contribution in [3.05, 3.63) is 71.1 Å². The van der Waals surface area contributed by atoms with E-state index in [1.54, 1.807) is 12.1 Å². The Morgan fingerprint density at radius 1 is 1.10 bits per heavy atom. The van der Waals surface area contributed by atoms with Crippen LogP contribution in [-0.4, -0.2) is 6.04 Å². The smallest absolute Gasteiger partial charge is 0.123 e. The van der Waals surface area contributed by atoms with Crippen molar-refractivity contribution in [3.8, 4) is 0 Å². The molecule has 1 atom stereocenters. The van der Waals surface area contributed by atoms with Crippen LogP contribution in [0.1, 0.15) is 12.5 Å². The van der Waals surface area contributed by atoms with Crippen LogP contribution in [0.2, 0.25) is 5.02 Å². The number of nitrogens with one attached hydrogen (secondary N) is 1. The molecule has 1 aliphatic heterocycles. The van der Waals surface area contributed by atoms with E-state index in [1.165, 1.54) is 12.1 Å². The predicted octanol–water partition coefficient (Wildman–Crippen LogP) is 4.23. The third kappa shape index (κ3) is 2.42. The van der Waals surface area contributed by atoms with E-state index >= 15 is 0 Å². The zero-order valence-corrected chi connectivity index (χ0v) is 11.7. The lowest BCUT2D eigenvalue weighted by molar-refractivity contribution is 0.627. The SMILES string of the molecule is CC1NN(c2ccccc2Cl)C=C1c1ccc(F)cc1. The van der Waals surface area contributed by atoms with Gasteiger partial charge in [-0.2, -0.15) is 0 Å². The highest BCUT2D eigenvalue weighted by molar-refractivity contribution is 6.33. The second-order valence-corrected chi connectivity index (χ2v) is 5.17. The molecule has 1 heterocycles. The Bertz CT molecular complexity index is 652. The van der Waals surface area contributed by atoms with Gasteiger partial charge in [0.25, 0.3) is 0 Å². The Morgan fingerprint density at radius 3 is 2.50 bits per heavy atom. The van der Waals surface area contributed by atoms with Crippen molar-refractivity contribution < 1.29 is 4.39 Å². The second-order valence-electron chi connectivity index (χ2n) is 4.76. The Morgan fingerprint density at radius 2 is 1.80 bits per heavy atom. The highest BCUT2D eigenvalue weighted by Gasteiger charge is 2.23. The van der Waals surface area contributed by atoms with E-state index < -0.39 is 0 Å². The standard InChI is InChI=1S/C16H14ClFN2/c1-11-14(12-6-8-13(18)9-7-12)10-20(19-11)16-5-3-2-4-15(16)17/h2-11,19H,1H3. The van der Waals surface area contributed by atoms with Gasteiger partial charge in [-0.15, -0.1) is 0 Å². The third-order valence-electron chi connectivity index (χ3n) is 3.36. The van der Waals surface area contributed by atoms with Crippen LogP contribution in [0.15, 0.2) is 54.7 Å². The topological polar surface area (TPSA) is 15.3 Å². The summed E-state index contributed by atoms with van der Waals surface area (Å²) in [4.78, 5) is 0. The Hall–Kier alpha value is -1.84. The number of nitrogens with zero attached hydrogens (tertiary/aromatic N) is 1. The van der Waals surface area contributed by atoms with Gasteiger partial charge in [-0.1, -0.05) is 35.9 Å². The molecular weight excluding hydrogens is 275 g/mol. The van der Waals surface area contributed by atoms with Gasteiger partial charge < -0.3 is 0 Å². The first-order valence-electron chi connectivity index (χ1n) is 6.43. The summed E-state index contributed by atoms with van der Waals surface area (Å²) < 4.78 is 13.0. The molecular formula is C16H14ClFN2. The molecule has 0 fully saturated rings. The van der Waals surface area contributed by atoms with Crippen molar-refractivity contribution in [1.29, 1.82) is 0 Å². The molecule has 2 aromatic carbocycles. The van der Waals surface area contributed by atoms with Gasteiger partial charge in [0, 0.05) is 6.20 Å². The molecule has 0 aromatic heterocycles. The molecule has 0 radical (unpaired) electrons. The van der Waals surface area contributed by atoms with Crippen molar-refractivity contribution in [2.45, 2.75) is 13.0 Å². The first-order chi connectivity index (χ1) is 9.65. The molecule has 1 N–H and O–H groups in total. The molecule has 0 spiro atoms. The third-order valence-corrected chi connectivity index (χ3v) is 3.68. The maximum absolute atomic E-state index is 13.0. The predicted molar refractivity (Wildman–Crippen MR) is 80.9 cm³/mol.